The Labute approximate surface area is 209 Å². The molecule has 36 heavy (non-hydrogen) atoms. The van der Waals surface area contributed by atoms with Crippen molar-refractivity contribution in [2.24, 2.45) is 5.92 Å². The molecule has 1 amide bonds. The summed E-state index contributed by atoms with van der Waals surface area (Å²) in [4.78, 5) is 33.1. The average Bonchev–Trinajstić information content (AvgIpc) is 2.92. The van der Waals surface area contributed by atoms with Crippen LogP contribution in [0.3, 0.4) is 0 Å². The maximum Gasteiger partial charge on any atom is 0.269 e. The third kappa shape index (κ3) is 5.31. The van der Waals surface area contributed by atoms with E-state index in [0.717, 1.165) is 48.7 Å². The molecule has 0 spiro atoms. The van der Waals surface area contributed by atoms with Crippen LogP contribution in [0.1, 0.15) is 11.1 Å². The highest BCUT2D eigenvalue weighted by atomic mass is 16.6. The van der Waals surface area contributed by atoms with Crippen molar-refractivity contribution in [1.29, 1.82) is 0 Å². The van der Waals surface area contributed by atoms with Gasteiger partial charge in [0.05, 0.1) is 16.9 Å². The van der Waals surface area contributed by atoms with Crippen LogP contribution in [0.2, 0.25) is 0 Å². The quantitative estimate of drug-likeness (QED) is 0.385. The first kappa shape index (κ1) is 23.7. The molecule has 2 aliphatic rings. The largest absolute Gasteiger partial charge is 0.492 e. The highest BCUT2D eigenvalue weighted by Crippen LogP contribution is 2.38. The number of non-ortho nitro benzene ring substituents is 1. The number of nitrogens with zero attached hydrogens (tertiary/aromatic N) is 4. The van der Waals surface area contributed by atoms with Crippen molar-refractivity contribution in [1.82, 2.24) is 15.2 Å². The van der Waals surface area contributed by atoms with Crippen molar-refractivity contribution in [2.75, 3.05) is 37.7 Å². The van der Waals surface area contributed by atoms with E-state index in [1.54, 1.807) is 24.5 Å². The number of carbonyl (C=O) groups excluding carboxylic acids is 1. The number of hydrogen-bond donors (Lipinski definition) is 1. The van der Waals surface area contributed by atoms with Gasteiger partial charge in [0.25, 0.3) is 5.69 Å². The number of benzene rings is 2. The molecular formula is C27H29N5O4. The number of nitro groups is 1. The Kier molecular flexibility index (Phi) is 7.08. The number of carbonyl (C=O) groups is 1. The number of pyridine rings is 1. The summed E-state index contributed by atoms with van der Waals surface area (Å²) in [5, 5.41) is 14.4. The summed E-state index contributed by atoms with van der Waals surface area (Å²) in [6, 6.07) is 18.5. The summed E-state index contributed by atoms with van der Waals surface area (Å²) in [5.41, 5.74) is 2.82. The number of anilines is 1. The minimum Gasteiger partial charge on any atom is -0.492 e. The van der Waals surface area contributed by atoms with Gasteiger partial charge in [-0.15, -0.1) is 0 Å². The van der Waals surface area contributed by atoms with Crippen LogP contribution in [0.5, 0.6) is 5.75 Å². The van der Waals surface area contributed by atoms with E-state index in [9.17, 15) is 14.9 Å². The number of nitro benzene ring substituents is 1. The number of piperazine rings is 1. The molecule has 9 nitrogen and oxygen atoms in total. The van der Waals surface area contributed by atoms with Crippen LogP contribution in [0.15, 0.2) is 73.1 Å². The molecule has 1 fully saturated rings. The van der Waals surface area contributed by atoms with Gasteiger partial charge >= 0.3 is 0 Å². The van der Waals surface area contributed by atoms with Crippen LogP contribution in [0.4, 0.5) is 11.4 Å². The summed E-state index contributed by atoms with van der Waals surface area (Å²) in [6.07, 6.45) is 3.90. The highest BCUT2D eigenvalue weighted by Gasteiger charge is 2.41. The summed E-state index contributed by atoms with van der Waals surface area (Å²) >= 11 is 0. The predicted molar refractivity (Wildman–Crippen MR) is 136 cm³/mol. The van der Waals surface area contributed by atoms with Gasteiger partial charge in [0.1, 0.15) is 12.4 Å². The molecular weight excluding hydrogens is 458 g/mol. The Balaban J connectivity index is 1.31. The lowest BCUT2D eigenvalue weighted by molar-refractivity contribution is -0.384. The van der Waals surface area contributed by atoms with Crippen molar-refractivity contribution in [3.8, 4) is 5.75 Å². The molecule has 5 rings (SSSR count). The first-order valence-electron chi connectivity index (χ1n) is 12.2. The van der Waals surface area contributed by atoms with Gasteiger partial charge in [-0.05, 0) is 41.8 Å². The number of rotatable bonds is 8. The van der Waals surface area contributed by atoms with Gasteiger partial charge in [0, 0.05) is 62.9 Å². The van der Waals surface area contributed by atoms with E-state index in [1.807, 2.05) is 48.5 Å². The SMILES string of the molecule is O=C(NCc1cccnc1)C1Cc2cc([N+](=O)[O-])ccc2N2CCN(CCOc3ccccc3)CC12. The maximum atomic E-state index is 13.4. The van der Waals surface area contributed by atoms with E-state index in [1.165, 1.54) is 0 Å². The topological polar surface area (TPSA) is 101 Å². The Morgan fingerprint density at radius 3 is 2.78 bits per heavy atom. The summed E-state index contributed by atoms with van der Waals surface area (Å²) in [5.74, 6) is 0.472. The zero-order valence-corrected chi connectivity index (χ0v) is 20.0. The highest BCUT2D eigenvalue weighted by molar-refractivity contribution is 5.82. The Bertz CT molecular complexity index is 1210. The van der Waals surface area contributed by atoms with Gasteiger partial charge in [0.15, 0.2) is 0 Å². The standard InChI is InChI=1S/C27H29N5O4/c33-27(29-18-20-5-4-10-28-17-20)24-16-21-15-22(32(34)35)8-9-25(21)31-12-11-30(19-26(24)31)13-14-36-23-6-2-1-3-7-23/h1-10,15,17,24,26H,11-14,16,18-19H2,(H,29,33). The lowest BCUT2D eigenvalue weighted by atomic mass is 9.83. The molecule has 0 aliphatic carbocycles. The third-order valence-corrected chi connectivity index (χ3v) is 6.94. The summed E-state index contributed by atoms with van der Waals surface area (Å²) in [6.45, 7) is 4.02. The molecule has 2 aliphatic heterocycles. The Morgan fingerprint density at radius 2 is 2.00 bits per heavy atom. The molecule has 2 atom stereocenters. The maximum absolute atomic E-state index is 13.4. The van der Waals surface area contributed by atoms with Crippen molar-refractivity contribution >= 4 is 17.3 Å². The normalized spacial score (nSPS) is 19.2. The second-order valence-corrected chi connectivity index (χ2v) is 9.18. The van der Waals surface area contributed by atoms with E-state index in [-0.39, 0.29) is 28.5 Å². The number of fused-ring (bicyclic) bond motifs is 3. The van der Waals surface area contributed by atoms with E-state index in [4.69, 9.17) is 4.74 Å². The molecule has 186 valence electrons. The number of amides is 1. The molecule has 3 aromatic rings. The molecule has 1 N–H and O–H groups in total. The molecule has 1 aromatic heterocycles. The minimum atomic E-state index is -0.380. The zero-order valence-electron chi connectivity index (χ0n) is 20.0. The fourth-order valence-corrected chi connectivity index (χ4v) is 5.12. The summed E-state index contributed by atoms with van der Waals surface area (Å²) in [7, 11) is 0. The van der Waals surface area contributed by atoms with Gasteiger partial charge in [-0.3, -0.25) is 24.8 Å². The van der Waals surface area contributed by atoms with Crippen molar-refractivity contribution in [2.45, 2.75) is 19.0 Å². The molecule has 0 bridgehead atoms. The van der Waals surface area contributed by atoms with Crippen LogP contribution in [0, 0.1) is 16.0 Å². The number of hydrogen-bond acceptors (Lipinski definition) is 7. The fraction of sp³-hybridized carbons (Fsp3) is 0.333. The zero-order chi connectivity index (χ0) is 24.9. The number of ether oxygens (including phenoxy) is 1. The van der Waals surface area contributed by atoms with Gasteiger partial charge in [0.2, 0.25) is 5.91 Å². The molecule has 2 aromatic carbocycles. The minimum absolute atomic E-state index is 0.0293. The van der Waals surface area contributed by atoms with Crippen LogP contribution in [-0.4, -0.2) is 59.5 Å². The molecule has 3 heterocycles. The van der Waals surface area contributed by atoms with Gasteiger partial charge in [-0.25, -0.2) is 0 Å². The van der Waals surface area contributed by atoms with Crippen LogP contribution in [0.25, 0.3) is 0 Å². The Hall–Kier alpha value is -3.98. The lowest BCUT2D eigenvalue weighted by Crippen LogP contribution is -2.61. The van der Waals surface area contributed by atoms with E-state index in [2.05, 4.69) is 20.1 Å². The molecule has 0 radical (unpaired) electrons. The summed E-state index contributed by atoms with van der Waals surface area (Å²) < 4.78 is 5.89. The first-order valence-corrected chi connectivity index (χ1v) is 12.2. The van der Waals surface area contributed by atoms with E-state index in [0.29, 0.717) is 19.6 Å². The number of aromatic nitrogens is 1. The van der Waals surface area contributed by atoms with Crippen molar-refractivity contribution < 1.29 is 14.5 Å². The second-order valence-electron chi connectivity index (χ2n) is 9.18. The smallest absolute Gasteiger partial charge is 0.269 e. The lowest BCUT2D eigenvalue weighted by Gasteiger charge is -2.49. The molecule has 9 heteroatoms. The van der Waals surface area contributed by atoms with Crippen LogP contribution >= 0.6 is 0 Å². The molecule has 0 saturated carbocycles. The average molecular weight is 488 g/mol. The second kappa shape index (κ2) is 10.7. The van der Waals surface area contributed by atoms with E-state index >= 15 is 0 Å². The number of para-hydroxylation sites is 1. The monoisotopic (exact) mass is 487 g/mol. The molecule has 2 unspecified atom stereocenters. The fourth-order valence-electron chi connectivity index (χ4n) is 5.12. The number of nitrogens with one attached hydrogen (secondary N) is 1. The van der Waals surface area contributed by atoms with Crippen LogP contribution in [-0.2, 0) is 17.8 Å². The predicted octanol–water partition coefficient (Wildman–Crippen LogP) is 3.05. The first-order chi connectivity index (χ1) is 17.6. The van der Waals surface area contributed by atoms with Crippen LogP contribution < -0.4 is 15.0 Å². The van der Waals surface area contributed by atoms with Gasteiger partial charge < -0.3 is 15.0 Å². The van der Waals surface area contributed by atoms with Crippen molar-refractivity contribution in [3.63, 3.8) is 0 Å². The Morgan fingerprint density at radius 1 is 1.14 bits per heavy atom. The van der Waals surface area contributed by atoms with Gasteiger partial charge in [-0.2, -0.15) is 0 Å². The third-order valence-electron chi connectivity index (χ3n) is 6.94. The van der Waals surface area contributed by atoms with Crippen molar-refractivity contribution in [3.05, 3.63) is 94.3 Å². The molecule has 1 saturated heterocycles. The van der Waals surface area contributed by atoms with E-state index < -0.39 is 0 Å². The van der Waals surface area contributed by atoms with Gasteiger partial charge in [-0.1, -0.05) is 24.3 Å².